The van der Waals surface area contributed by atoms with Gasteiger partial charge in [-0.25, -0.2) is 0 Å². The molecule has 0 amide bonds. The van der Waals surface area contributed by atoms with E-state index < -0.39 is 5.97 Å². The lowest BCUT2D eigenvalue weighted by atomic mass is 9.94. The van der Waals surface area contributed by atoms with E-state index >= 15 is 0 Å². The summed E-state index contributed by atoms with van der Waals surface area (Å²) in [5.41, 5.74) is 0. The molecule has 2 aliphatic rings. The molecular formula is C12H21NO2. The molecule has 0 saturated heterocycles. The molecule has 0 spiro atoms. The predicted octanol–water partition coefficient (Wildman–Crippen LogP) is 2.12. The molecule has 0 bridgehead atoms. The van der Waals surface area contributed by atoms with Gasteiger partial charge in [-0.05, 0) is 31.6 Å². The highest BCUT2D eigenvalue weighted by Crippen LogP contribution is 2.32. The molecule has 0 aromatic carbocycles. The zero-order valence-corrected chi connectivity index (χ0v) is 9.32. The van der Waals surface area contributed by atoms with E-state index in [-0.39, 0.29) is 6.54 Å². The number of carboxylic acids is 1. The monoisotopic (exact) mass is 211 g/mol. The van der Waals surface area contributed by atoms with Crippen LogP contribution in [0.5, 0.6) is 0 Å². The Balaban J connectivity index is 1.86. The fourth-order valence-electron chi connectivity index (χ4n) is 2.59. The van der Waals surface area contributed by atoms with Crippen molar-refractivity contribution in [1.82, 2.24) is 4.90 Å². The molecule has 2 saturated carbocycles. The summed E-state index contributed by atoms with van der Waals surface area (Å²) < 4.78 is 0. The maximum absolute atomic E-state index is 10.8. The third-order valence-electron chi connectivity index (χ3n) is 3.62. The van der Waals surface area contributed by atoms with Crippen molar-refractivity contribution in [1.29, 1.82) is 0 Å². The molecule has 0 radical (unpaired) electrons. The largest absolute Gasteiger partial charge is 0.480 e. The Morgan fingerprint density at radius 1 is 1.13 bits per heavy atom. The molecule has 3 heteroatoms. The Hall–Kier alpha value is -0.570. The second-order valence-electron chi connectivity index (χ2n) is 5.06. The molecule has 0 aromatic rings. The van der Waals surface area contributed by atoms with E-state index in [1.807, 2.05) is 0 Å². The van der Waals surface area contributed by atoms with Crippen LogP contribution in [0.15, 0.2) is 0 Å². The number of rotatable bonds is 5. The molecule has 0 heterocycles. The van der Waals surface area contributed by atoms with Gasteiger partial charge in [-0.1, -0.05) is 19.3 Å². The second-order valence-corrected chi connectivity index (χ2v) is 5.06. The third-order valence-corrected chi connectivity index (χ3v) is 3.62. The molecule has 2 rings (SSSR count). The Morgan fingerprint density at radius 2 is 1.80 bits per heavy atom. The average molecular weight is 211 g/mol. The van der Waals surface area contributed by atoms with Crippen molar-refractivity contribution in [2.24, 2.45) is 5.92 Å². The Bertz CT molecular complexity index is 220. The summed E-state index contributed by atoms with van der Waals surface area (Å²) in [5, 5.41) is 8.91. The Morgan fingerprint density at radius 3 is 2.33 bits per heavy atom. The first kappa shape index (κ1) is 10.9. The SMILES string of the molecule is O=C(O)CN(CC1CC1)C1CCCCC1. The van der Waals surface area contributed by atoms with Crippen molar-refractivity contribution in [3.63, 3.8) is 0 Å². The van der Waals surface area contributed by atoms with E-state index in [9.17, 15) is 4.79 Å². The van der Waals surface area contributed by atoms with E-state index in [1.165, 1.54) is 44.9 Å². The van der Waals surface area contributed by atoms with E-state index in [4.69, 9.17) is 5.11 Å². The lowest BCUT2D eigenvalue weighted by molar-refractivity contribution is -0.139. The van der Waals surface area contributed by atoms with Crippen LogP contribution >= 0.6 is 0 Å². The van der Waals surface area contributed by atoms with Gasteiger partial charge in [-0.15, -0.1) is 0 Å². The first-order chi connectivity index (χ1) is 7.25. The van der Waals surface area contributed by atoms with Gasteiger partial charge in [0.15, 0.2) is 0 Å². The smallest absolute Gasteiger partial charge is 0.317 e. The number of nitrogens with zero attached hydrogens (tertiary/aromatic N) is 1. The van der Waals surface area contributed by atoms with Gasteiger partial charge in [-0.2, -0.15) is 0 Å². The molecule has 15 heavy (non-hydrogen) atoms. The van der Waals surface area contributed by atoms with Crippen LogP contribution in [0.2, 0.25) is 0 Å². The van der Waals surface area contributed by atoms with Gasteiger partial charge >= 0.3 is 5.97 Å². The van der Waals surface area contributed by atoms with Gasteiger partial charge in [0.2, 0.25) is 0 Å². The number of carboxylic acid groups (broad SMARTS) is 1. The van der Waals surface area contributed by atoms with Crippen molar-refractivity contribution in [2.45, 2.75) is 51.0 Å². The zero-order chi connectivity index (χ0) is 10.7. The van der Waals surface area contributed by atoms with Crippen molar-refractivity contribution < 1.29 is 9.90 Å². The fraction of sp³-hybridized carbons (Fsp3) is 0.917. The molecule has 0 unspecified atom stereocenters. The van der Waals surface area contributed by atoms with Crippen LogP contribution in [0, 0.1) is 5.92 Å². The molecule has 0 atom stereocenters. The van der Waals surface area contributed by atoms with E-state index in [0.717, 1.165) is 12.5 Å². The van der Waals surface area contributed by atoms with Gasteiger partial charge in [0, 0.05) is 12.6 Å². The highest BCUT2D eigenvalue weighted by Gasteiger charge is 2.29. The molecule has 1 N–H and O–H groups in total. The predicted molar refractivity (Wildman–Crippen MR) is 58.8 cm³/mol. The van der Waals surface area contributed by atoms with Crippen molar-refractivity contribution in [2.75, 3.05) is 13.1 Å². The van der Waals surface area contributed by atoms with Gasteiger partial charge in [0.1, 0.15) is 0 Å². The summed E-state index contributed by atoms with van der Waals surface area (Å²) >= 11 is 0. The van der Waals surface area contributed by atoms with E-state index in [2.05, 4.69) is 4.90 Å². The first-order valence-electron chi connectivity index (χ1n) is 6.21. The highest BCUT2D eigenvalue weighted by atomic mass is 16.4. The summed E-state index contributed by atoms with van der Waals surface area (Å²) in [6.45, 7) is 1.28. The van der Waals surface area contributed by atoms with E-state index in [1.54, 1.807) is 0 Å². The van der Waals surface area contributed by atoms with E-state index in [0.29, 0.717) is 6.04 Å². The molecule has 0 aromatic heterocycles. The Labute approximate surface area is 91.5 Å². The number of aliphatic carboxylic acids is 1. The van der Waals surface area contributed by atoms with Crippen LogP contribution in [-0.4, -0.2) is 35.1 Å². The molecule has 3 nitrogen and oxygen atoms in total. The lowest BCUT2D eigenvalue weighted by Gasteiger charge is -2.33. The minimum absolute atomic E-state index is 0.251. The zero-order valence-electron chi connectivity index (χ0n) is 9.32. The summed E-state index contributed by atoms with van der Waals surface area (Å²) in [6, 6.07) is 0.551. The lowest BCUT2D eigenvalue weighted by Crippen LogP contribution is -2.41. The van der Waals surface area contributed by atoms with Crippen molar-refractivity contribution >= 4 is 5.97 Å². The van der Waals surface area contributed by atoms with Gasteiger partial charge in [0.25, 0.3) is 0 Å². The normalized spacial score (nSPS) is 23.3. The molecule has 86 valence electrons. The molecule has 2 fully saturated rings. The second kappa shape index (κ2) is 4.97. The van der Waals surface area contributed by atoms with Gasteiger partial charge in [0.05, 0.1) is 6.54 Å². The summed E-state index contributed by atoms with van der Waals surface area (Å²) in [7, 11) is 0. The molecule has 2 aliphatic carbocycles. The maximum Gasteiger partial charge on any atom is 0.317 e. The van der Waals surface area contributed by atoms with Crippen LogP contribution in [0.25, 0.3) is 0 Å². The number of hydrogen-bond acceptors (Lipinski definition) is 2. The average Bonchev–Trinajstić information content (AvgIpc) is 3.01. The first-order valence-corrected chi connectivity index (χ1v) is 6.21. The summed E-state index contributed by atoms with van der Waals surface area (Å²) in [5.74, 6) is 0.132. The van der Waals surface area contributed by atoms with Crippen LogP contribution in [0.3, 0.4) is 0 Å². The number of hydrogen-bond donors (Lipinski definition) is 1. The standard InChI is InChI=1S/C12H21NO2/c14-12(15)9-13(8-10-6-7-10)11-4-2-1-3-5-11/h10-11H,1-9H2,(H,14,15). The highest BCUT2D eigenvalue weighted by molar-refractivity contribution is 5.69. The van der Waals surface area contributed by atoms with Crippen LogP contribution < -0.4 is 0 Å². The minimum Gasteiger partial charge on any atom is -0.480 e. The quantitative estimate of drug-likeness (QED) is 0.757. The van der Waals surface area contributed by atoms with Crippen molar-refractivity contribution in [3.8, 4) is 0 Å². The Kier molecular flexibility index (Phi) is 3.62. The summed E-state index contributed by atoms with van der Waals surface area (Å²) in [6.07, 6.45) is 8.93. The van der Waals surface area contributed by atoms with Crippen LogP contribution in [0.1, 0.15) is 44.9 Å². The van der Waals surface area contributed by atoms with Crippen molar-refractivity contribution in [3.05, 3.63) is 0 Å². The summed E-state index contributed by atoms with van der Waals surface area (Å²) in [4.78, 5) is 13.0. The fourth-order valence-corrected chi connectivity index (χ4v) is 2.59. The third kappa shape index (κ3) is 3.49. The maximum atomic E-state index is 10.8. The molecular weight excluding hydrogens is 190 g/mol. The number of carbonyl (C=O) groups is 1. The topological polar surface area (TPSA) is 40.5 Å². The van der Waals surface area contributed by atoms with Gasteiger partial charge in [-0.3, -0.25) is 9.69 Å². The minimum atomic E-state index is -0.666. The van der Waals surface area contributed by atoms with Gasteiger partial charge < -0.3 is 5.11 Å². The van der Waals surface area contributed by atoms with Crippen LogP contribution in [0.4, 0.5) is 0 Å². The van der Waals surface area contributed by atoms with Crippen LogP contribution in [-0.2, 0) is 4.79 Å². The molecule has 0 aliphatic heterocycles.